The van der Waals surface area contributed by atoms with E-state index in [1.54, 1.807) is 0 Å². The van der Waals surface area contributed by atoms with Gasteiger partial charge in [0.25, 0.3) is 0 Å². The predicted octanol–water partition coefficient (Wildman–Crippen LogP) is 3.87. The van der Waals surface area contributed by atoms with Gasteiger partial charge in [-0.15, -0.1) is 11.8 Å². The van der Waals surface area contributed by atoms with E-state index < -0.39 is 0 Å². The Morgan fingerprint density at radius 1 is 0.864 bits per heavy atom. The molecule has 0 N–H and O–H groups in total. The van der Waals surface area contributed by atoms with E-state index in [-0.39, 0.29) is 0 Å². The van der Waals surface area contributed by atoms with Crippen molar-refractivity contribution in [2.24, 2.45) is 17.8 Å². The lowest BCUT2D eigenvalue weighted by molar-refractivity contribution is 0.105. The molecule has 2 nitrogen and oxygen atoms in total. The lowest BCUT2D eigenvalue weighted by Gasteiger charge is -2.38. The highest BCUT2D eigenvalue weighted by Crippen LogP contribution is 2.24. The lowest BCUT2D eigenvalue weighted by Crippen LogP contribution is -2.43. The third-order valence-corrected chi connectivity index (χ3v) is 5.38. The first-order valence-corrected chi connectivity index (χ1v) is 9.49. The Hall–Kier alpha value is -0.520. The van der Waals surface area contributed by atoms with Gasteiger partial charge in [-0.2, -0.15) is 0 Å². The Morgan fingerprint density at radius 3 is 2.00 bits per heavy atom. The first-order chi connectivity index (χ1) is 10.5. The van der Waals surface area contributed by atoms with Gasteiger partial charge in [0.1, 0.15) is 0 Å². The molecule has 126 valence electrons. The first kappa shape index (κ1) is 17.8. The van der Waals surface area contributed by atoms with Crippen LogP contribution in [0, 0.1) is 29.6 Å². The maximum atomic E-state index is 3.39. The molecule has 0 bridgehead atoms. The summed E-state index contributed by atoms with van der Waals surface area (Å²) in [6.45, 7) is 15.6. The monoisotopic (exact) mass is 304 g/mol. The molecule has 0 aromatic rings. The van der Waals surface area contributed by atoms with Crippen molar-refractivity contribution in [1.82, 2.24) is 9.80 Å². The zero-order chi connectivity index (χ0) is 15.9. The van der Waals surface area contributed by atoms with Crippen molar-refractivity contribution >= 4 is 0 Å². The quantitative estimate of drug-likeness (QED) is 0.728. The molecular weight excluding hydrogens is 268 g/mol. The molecule has 0 unspecified atom stereocenters. The summed E-state index contributed by atoms with van der Waals surface area (Å²) in [5, 5.41) is 0. The third-order valence-electron chi connectivity index (χ3n) is 5.38. The van der Waals surface area contributed by atoms with Gasteiger partial charge in [0.2, 0.25) is 0 Å². The SMILES string of the molecule is CC(C)C#CCC1CCN(CC2CCN(C(C)C)CC2)CC1. The zero-order valence-corrected chi connectivity index (χ0v) is 15.3. The van der Waals surface area contributed by atoms with Crippen molar-refractivity contribution in [3.8, 4) is 11.8 Å². The second kappa shape index (κ2) is 8.94. The average molecular weight is 305 g/mol. The van der Waals surface area contributed by atoms with Gasteiger partial charge in [0, 0.05) is 24.9 Å². The molecule has 0 radical (unpaired) electrons. The Balaban J connectivity index is 1.63. The van der Waals surface area contributed by atoms with Gasteiger partial charge < -0.3 is 9.80 Å². The van der Waals surface area contributed by atoms with Gasteiger partial charge in [0.15, 0.2) is 0 Å². The molecule has 0 amide bonds. The summed E-state index contributed by atoms with van der Waals surface area (Å²) in [4.78, 5) is 5.36. The van der Waals surface area contributed by atoms with Crippen LogP contribution in [0.2, 0.25) is 0 Å². The molecule has 2 rings (SSSR count). The molecule has 2 aliphatic heterocycles. The Morgan fingerprint density at radius 2 is 1.45 bits per heavy atom. The second-order valence-electron chi connectivity index (χ2n) is 8.00. The predicted molar refractivity (Wildman–Crippen MR) is 95.8 cm³/mol. The summed E-state index contributed by atoms with van der Waals surface area (Å²) >= 11 is 0. The summed E-state index contributed by atoms with van der Waals surface area (Å²) in [6, 6.07) is 0.726. The molecule has 0 aliphatic carbocycles. The van der Waals surface area contributed by atoms with E-state index in [9.17, 15) is 0 Å². The van der Waals surface area contributed by atoms with E-state index in [1.165, 1.54) is 58.4 Å². The Kier molecular flexibility index (Phi) is 7.25. The van der Waals surface area contributed by atoms with E-state index >= 15 is 0 Å². The van der Waals surface area contributed by atoms with Crippen LogP contribution >= 0.6 is 0 Å². The maximum absolute atomic E-state index is 3.39. The van der Waals surface area contributed by atoms with E-state index in [0.717, 1.165) is 24.3 Å². The fourth-order valence-electron chi connectivity index (χ4n) is 3.80. The van der Waals surface area contributed by atoms with Crippen LogP contribution in [0.15, 0.2) is 0 Å². The van der Waals surface area contributed by atoms with Crippen LogP contribution in [-0.4, -0.2) is 48.6 Å². The number of hydrogen-bond acceptors (Lipinski definition) is 2. The van der Waals surface area contributed by atoms with E-state index in [2.05, 4.69) is 49.3 Å². The van der Waals surface area contributed by atoms with Crippen LogP contribution in [0.1, 0.15) is 59.8 Å². The number of nitrogens with zero attached hydrogens (tertiary/aromatic N) is 2. The van der Waals surface area contributed by atoms with Gasteiger partial charge in [-0.1, -0.05) is 13.8 Å². The molecule has 0 aromatic heterocycles. The van der Waals surface area contributed by atoms with Gasteiger partial charge in [-0.05, 0) is 77.5 Å². The van der Waals surface area contributed by atoms with Gasteiger partial charge >= 0.3 is 0 Å². The molecule has 2 aliphatic rings. The van der Waals surface area contributed by atoms with Gasteiger partial charge in [0.05, 0.1) is 0 Å². The van der Waals surface area contributed by atoms with Crippen molar-refractivity contribution in [2.45, 2.75) is 65.8 Å². The van der Waals surface area contributed by atoms with Crippen molar-refractivity contribution in [3.05, 3.63) is 0 Å². The minimum Gasteiger partial charge on any atom is -0.303 e. The second-order valence-corrected chi connectivity index (χ2v) is 8.00. The lowest BCUT2D eigenvalue weighted by atomic mass is 9.91. The minimum atomic E-state index is 0.525. The van der Waals surface area contributed by atoms with Crippen LogP contribution in [0.5, 0.6) is 0 Å². The highest BCUT2D eigenvalue weighted by Gasteiger charge is 2.25. The van der Waals surface area contributed by atoms with Crippen LogP contribution < -0.4 is 0 Å². The molecule has 22 heavy (non-hydrogen) atoms. The molecule has 0 saturated carbocycles. The Bertz CT molecular complexity index is 361. The van der Waals surface area contributed by atoms with Crippen LogP contribution in [0.4, 0.5) is 0 Å². The zero-order valence-electron chi connectivity index (χ0n) is 15.3. The van der Waals surface area contributed by atoms with Crippen molar-refractivity contribution in [1.29, 1.82) is 0 Å². The standard InChI is InChI=1S/C20H36N2/c1-17(2)6-5-7-19-8-12-21(13-9-19)16-20-10-14-22(15-11-20)18(3)4/h17-20H,7-16H2,1-4H3. The van der Waals surface area contributed by atoms with Gasteiger partial charge in [-0.3, -0.25) is 0 Å². The fraction of sp³-hybridized carbons (Fsp3) is 0.900. The minimum absolute atomic E-state index is 0.525. The van der Waals surface area contributed by atoms with E-state index in [1.807, 2.05) is 0 Å². The van der Waals surface area contributed by atoms with Crippen LogP contribution in [-0.2, 0) is 0 Å². The summed E-state index contributed by atoms with van der Waals surface area (Å²) < 4.78 is 0. The topological polar surface area (TPSA) is 6.48 Å². The fourth-order valence-corrected chi connectivity index (χ4v) is 3.80. The van der Waals surface area contributed by atoms with Gasteiger partial charge in [-0.25, -0.2) is 0 Å². The normalized spacial score (nSPS) is 23.0. The smallest absolute Gasteiger partial charge is 0.0146 e. The maximum Gasteiger partial charge on any atom is 0.0146 e. The average Bonchev–Trinajstić information content (AvgIpc) is 2.49. The third kappa shape index (κ3) is 5.94. The molecule has 2 heterocycles. The van der Waals surface area contributed by atoms with Crippen molar-refractivity contribution in [3.63, 3.8) is 0 Å². The molecule has 2 saturated heterocycles. The highest BCUT2D eigenvalue weighted by atomic mass is 15.2. The molecular formula is C20H36N2. The number of rotatable bonds is 4. The van der Waals surface area contributed by atoms with E-state index in [4.69, 9.17) is 0 Å². The molecule has 2 heteroatoms. The molecule has 0 atom stereocenters. The first-order valence-electron chi connectivity index (χ1n) is 9.49. The highest BCUT2D eigenvalue weighted by molar-refractivity contribution is 5.02. The van der Waals surface area contributed by atoms with Crippen LogP contribution in [0.25, 0.3) is 0 Å². The largest absolute Gasteiger partial charge is 0.303 e. The number of piperidine rings is 2. The Labute approximate surface area is 138 Å². The van der Waals surface area contributed by atoms with E-state index in [0.29, 0.717) is 5.92 Å². The summed E-state index contributed by atoms with van der Waals surface area (Å²) in [5.41, 5.74) is 0. The van der Waals surface area contributed by atoms with Crippen LogP contribution in [0.3, 0.4) is 0 Å². The molecule has 0 spiro atoms. The number of likely N-dealkylation sites (tertiary alicyclic amines) is 2. The van der Waals surface area contributed by atoms with Crippen molar-refractivity contribution < 1.29 is 0 Å². The van der Waals surface area contributed by atoms with Crippen molar-refractivity contribution in [2.75, 3.05) is 32.7 Å². The summed E-state index contributed by atoms with van der Waals surface area (Å²) in [7, 11) is 0. The molecule has 0 aromatic carbocycles. The molecule has 2 fully saturated rings. The number of hydrogen-bond donors (Lipinski definition) is 0. The summed E-state index contributed by atoms with van der Waals surface area (Å²) in [6.07, 6.45) is 6.64. The summed E-state index contributed by atoms with van der Waals surface area (Å²) in [5.74, 6) is 9.02.